The van der Waals surface area contributed by atoms with Gasteiger partial charge in [0.05, 0.1) is 0 Å². The second kappa shape index (κ2) is 5.36. The number of nitrogens with one attached hydrogen (secondary N) is 1. The standard InChI is InChI=1S/C11H19N5O2/c1-14-2-4-15(5-3-14)6-7-16-8-9(12)10(17)13-11(16)18/h8H,2-7,12H2,1H3,(H,13,17,18). The van der Waals surface area contributed by atoms with E-state index in [1.165, 1.54) is 10.8 Å². The summed E-state index contributed by atoms with van der Waals surface area (Å²) in [6.45, 7) is 5.43. The molecule has 0 radical (unpaired) electrons. The van der Waals surface area contributed by atoms with Crippen molar-refractivity contribution in [2.24, 2.45) is 0 Å². The lowest BCUT2D eigenvalue weighted by Crippen LogP contribution is -2.46. The van der Waals surface area contributed by atoms with E-state index in [9.17, 15) is 9.59 Å². The third-order valence-electron chi connectivity index (χ3n) is 3.29. The molecular weight excluding hydrogens is 234 g/mol. The number of rotatable bonds is 3. The second-order valence-electron chi connectivity index (χ2n) is 4.68. The molecule has 1 aromatic heterocycles. The van der Waals surface area contributed by atoms with Gasteiger partial charge in [-0.25, -0.2) is 4.79 Å². The van der Waals surface area contributed by atoms with Crippen LogP contribution in [-0.4, -0.2) is 59.1 Å². The zero-order chi connectivity index (χ0) is 13.1. The van der Waals surface area contributed by atoms with Crippen LogP contribution in [-0.2, 0) is 6.54 Å². The molecule has 2 heterocycles. The zero-order valence-electron chi connectivity index (χ0n) is 10.6. The van der Waals surface area contributed by atoms with Crippen LogP contribution < -0.4 is 17.0 Å². The van der Waals surface area contributed by atoms with Crippen molar-refractivity contribution in [3.63, 3.8) is 0 Å². The largest absolute Gasteiger partial charge is 0.393 e. The summed E-state index contributed by atoms with van der Waals surface area (Å²) in [5.74, 6) is 0. The van der Waals surface area contributed by atoms with Gasteiger partial charge in [-0.05, 0) is 7.05 Å². The van der Waals surface area contributed by atoms with Gasteiger partial charge in [0.1, 0.15) is 5.69 Å². The molecule has 1 aromatic rings. The molecule has 0 aromatic carbocycles. The average molecular weight is 253 g/mol. The highest BCUT2D eigenvalue weighted by molar-refractivity contribution is 5.30. The minimum Gasteiger partial charge on any atom is -0.393 e. The van der Waals surface area contributed by atoms with E-state index in [1.54, 1.807) is 0 Å². The predicted octanol–water partition coefficient (Wildman–Crippen LogP) is -1.63. The summed E-state index contributed by atoms with van der Waals surface area (Å²) in [4.78, 5) is 29.4. The van der Waals surface area contributed by atoms with Crippen LogP contribution in [0.4, 0.5) is 5.69 Å². The number of aromatic nitrogens is 2. The number of nitrogens with zero attached hydrogens (tertiary/aromatic N) is 3. The van der Waals surface area contributed by atoms with Gasteiger partial charge in [-0.2, -0.15) is 0 Å². The molecule has 0 amide bonds. The van der Waals surface area contributed by atoms with E-state index in [2.05, 4.69) is 21.8 Å². The van der Waals surface area contributed by atoms with E-state index in [-0.39, 0.29) is 5.69 Å². The topological polar surface area (TPSA) is 87.4 Å². The lowest BCUT2D eigenvalue weighted by Gasteiger charge is -2.32. The smallest absolute Gasteiger partial charge is 0.328 e. The summed E-state index contributed by atoms with van der Waals surface area (Å²) in [7, 11) is 2.10. The fourth-order valence-corrected chi connectivity index (χ4v) is 2.01. The Kier molecular flexibility index (Phi) is 3.83. The van der Waals surface area contributed by atoms with Crippen LogP contribution in [0.25, 0.3) is 0 Å². The molecule has 18 heavy (non-hydrogen) atoms. The maximum atomic E-state index is 11.5. The van der Waals surface area contributed by atoms with E-state index in [0.29, 0.717) is 6.54 Å². The summed E-state index contributed by atoms with van der Waals surface area (Å²) >= 11 is 0. The van der Waals surface area contributed by atoms with Crippen molar-refractivity contribution in [2.45, 2.75) is 6.54 Å². The predicted molar refractivity (Wildman–Crippen MR) is 69.7 cm³/mol. The van der Waals surface area contributed by atoms with Gasteiger partial charge in [-0.1, -0.05) is 0 Å². The Morgan fingerprint density at radius 3 is 2.56 bits per heavy atom. The van der Waals surface area contributed by atoms with Gasteiger partial charge in [0.2, 0.25) is 0 Å². The van der Waals surface area contributed by atoms with Crippen LogP contribution in [0.1, 0.15) is 0 Å². The summed E-state index contributed by atoms with van der Waals surface area (Å²) in [6.07, 6.45) is 1.41. The van der Waals surface area contributed by atoms with Crippen LogP contribution >= 0.6 is 0 Å². The first kappa shape index (κ1) is 12.8. The van der Waals surface area contributed by atoms with Crippen LogP contribution in [0.15, 0.2) is 15.8 Å². The third kappa shape index (κ3) is 2.99. The zero-order valence-corrected chi connectivity index (χ0v) is 10.6. The van der Waals surface area contributed by atoms with Crippen LogP contribution in [0.2, 0.25) is 0 Å². The van der Waals surface area contributed by atoms with Gasteiger partial charge >= 0.3 is 5.69 Å². The van der Waals surface area contributed by atoms with Crippen molar-refractivity contribution in [2.75, 3.05) is 45.5 Å². The Balaban J connectivity index is 1.96. The molecule has 1 fully saturated rings. The summed E-state index contributed by atoms with van der Waals surface area (Å²) in [5.41, 5.74) is 4.65. The van der Waals surface area contributed by atoms with E-state index in [4.69, 9.17) is 5.73 Å². The molecule has 0 unspecified atom stereocenters. The summed E-state index contributed by atoms with van der Waals surface area (Å²) < 4.78 is 1.45. The number of nitrogens with two attached hydrogens (primary N) is 1. The molecule has 1 saturated heterocycles. The van der Waals surface area contributed by atoms with Gasteiger partial charge in [-0.3, -0.25) is 19.2 Å². The molecule has 0 saturated carbocycles. The molecule has 2 rings (SSSR count). The molecule has 3 N–H and O–H groups in total. The Hall–Kier alpha value is -1.60. The van der Waals surface area contributed by atoms with Gasteiger partial charge in [0.25, 0.3) is 5.56 Å². The molecule has 0 bridgehead atoms. The Morgan fingerprint density at radius 1 is 1.22 bits per heavy atom. The molecule has 0 aliphatic carbocycles. The number of hydrogen-bond acceptors (Lipinski definition) is 5. The second-order valence-corrected chi connectivity index (χ2v) is 4.68. The van der Waals surface area contributed by atoms with E-state index < -0.39 is 11.2 Å². The molecule has 1 aliphatic heterocycles. The number of hydrogen-bond donors (Lipinski definition) is 2. The highest BCUT2D eigenvalue weighted by atomic mass is 16.2. The van der Waals surface area contributed by atoms with Gasteiger partial charge in [0, 0.05) is 45.5 Å². The van der Waals surface area contributed by atoms with E-state index in [0.717, 1.165) is 32.7 Å². The monoisotopic (exact) mass is 253 g/mol. The fourth-order valence-electron chi connectivity index (χ4n) is 2.01. The summed E-state index contributed by atoms with van der Waals surface area (Å²) in [5, 5.41) is 0. The van der Waals surface area contributed by atoms with Crippen molar-refractivity contribution >= 4 is 5.69 Å². The minimum atomic E-state index is -0.518. The first-order valence-corrected chi connectivity index (χ1v) is 6.06. The Morgan fingerprint density at radius 2 is 1.89 bits per heavy atom. The number of anilines is 1. The number of likely N-dealkylation sites (N-methyl/N-ethyl adjacent to an activating group) is 1. The Labute approximate surface area is 105 Å². The number of piperazine rings is 1. The fraction of sp³-hybridized carbons (Fsp3) is 0.636. The molecule has 7 heteroatoms. The Bertz CT molecular complexity index is 513. The van der Waals surface area contributed by atoms with Crippen molar-refractivity contribution in [3.8, 4) is 0 Å². The quantitative estimate of drug-likeness (QED) is 0.675. The number of aromatic amines is 1. The van der Waals surface area contributed by atoms with Gasteiger partial charge < -0.3 is 10.6 Å². The van der Waals surface area contributed by atoms with Crippen molar-refractivity contribution in [1.82, 2.24) is 19.4 Å². The molecule has 7 nitrogen and oxygen atoms in total. The molecular formula is C11H19N5O2. The molecule has 100 valence electrons. The first-order chi connectivity index (χ1) is 8.56. The highest BCUT2D eigenvalue weighted by Crippen LogP contribution is 1.99. The average Bonchev–Trinajstić information content (AvgIpc) is 2.34. The van der Waals surface area contributed by atoms with Crippen LogP contribution in [0.3, 0.4) is 0 Å². The number of H-pyrrole nitrogens is 1. The van der Waals surface area contributed by atoms with Crippen molar-refractivity contribution in [3.05, 3.63) is 27.0 Å². The SMILES string of the molecule is CN1CCN(CCn2cc(N)c(=O)[nH]c2=O)CC1. The van der Waals surface area contributed by atoms with Crippen molar-refractivity contribution in [1.29, 1.82) is 0 Å². The van der Waals surface area contributed by atoms with Gasteiger partial charge in [0.15, 0.2) is 0 Å². The van der Waals surface area contributed by atoms with Crippen LogP contribution in [0.5, 0.6) is 0 Å². The lowest BCUT2D eigenvalue weighted by molar-refractivity contribution is 0.149. The molecule has 1 aliphatic rings. The third-order valence-corrected chi connectivity index (χ3v) is 3.29. The first-order valence-electron chi connectivity index (χ1n) is 6.06. The van der Waals surface area contributed by atoms with Gasteiger partial charge in [-0.15, -0.1) is 0 Å². The minimum absolute atomic E-state index is 0.0768. The highest BCUT2D eigenvalue weighted by Gasteiger charge is 2.13. The maximum Gasteiger partial charge on any atom is 0.328 e. The van der Waals surface area contributed by atoms with E-state index >= 15 is 0 Å². The lowest BCUT2D eigenvalue weighted by atomic mass is 10.3. The molecule has 0 atom stereocenters. The number of nitrogen functional groups attached to an aromatic ring is 1. The van der Waals surface area contributed by atoms with Crippen LogP contribution in [0, 0.1) is 0 Å². The van der Waals surface area contributed by atoms with E-state index in [1.807, 2.05) is 0 Å². The summed E-state index contributed by atoms with van der Waals surface area (Å²) in [6, 6.07) is 0. The molecule has 0 spiro atoms. The maximum absolute atomic E-state index is 11.5. The van der Waals surface area contributed by atoms with Crippen molar-refractivity contribution < 1.29 is 0 Å². The normalized spacial score (nSPS) is 18.1.